The van der Waals surface area contributed by atoms with E-state index in [1.807, 2.05) is 59.5 Å². The summed E-state index contributed by atoms with van der Waals surface area (Å²) in [6.07, 6.45) is 5.71. The molecule has 158 valence electrons. The number of amides is 2. The second-order valence-electron chi connectivity index (χ2n) is 7.89. The van der Waals surface area contributed by atoms with Crippen molar-refractivity contribution >= 4 is 17.5 Å². The lowest BCUT2D eigenvalue weighted by Gasteiger charge is -2.33. The number of likely N-dealkylation sites (tertiary alicyclic amines) is 1. The molecule has 1 fully saturated rings. The SMILES string of the molecule is CC(=O)Nc1cccc(-c2nccnc2C2CCCN(C(=O)Cc3ccccc3)C2)c1. The average Bonchev–Trinajstić information content (AvgIpc) is 2.79. The van der Waals surface area contributed by atoms with E-state index >= 15 is 0 Å². The molecule has 1 aliphatic rings. The Kier molecular flexibility index (Phi) is 6.36. The molecule has 0 radical (unpaired) electrons. The number of aromatic nitrogens is 2. The molecular formula is C25H26N4O2. The van der Waals surface area contributed by atoms with Gasteiger partial charge in [0.25, 0.3) is 0 Å². The fraction of sp³-hybridized carbons (Fsp3) is 0.280. The number of nitrogens with one attached hydrogen (secondary N) is 1. The number of carbonyl (C=O) groups is 2. The zero-order valence-electron chi connectivity index (χ0n) is 17.6. The molecule has 1 unspecified atom stereocenters. The highest BCUT2D eigenvalue weighted by molar-refractivity contribution is 5.89. The number of nitrogens with zero attached hydrogens (tertiary/aromatic N) is 3. The van der Waals surface area contributed by atoms with Gasteiger partial charge in [0, 0.05) is 49.6 Å². The van der Waals surface area contributed by atoms with Crippen molar-refractivity contribution in [3.05, 3.63) is 78.2 Å². The van der Waals surface area contributed by atoms with E-state index in [0.29, 0.717) is 13.0 Å². The van der Waals surface area contributed by atoms with Crippen LogP contribution in [-0.2, 0) is 16.0 Å². The molecule has 0 aliphatic carbocycles. The average molecular weight is 415 g/mol. The summed E-state index contributed by atoms with van der Waals surface area (Å²) in [5.41, 5.74) is 4.37. The number of rotatable bonds is 5. The second-order valence-corrected chi connectivity index (χ2v) is 7.89. The van der Waals surface area contributed by atoms with Gasteiger partial charge in [-0.25, -0.2) is 0 Å². The van der Waals surface area contributed by atoms with Gasteiger partial charge in [-0.2, -0.15) is 0 Å². The summed E-state index contributed by atoms with van der Waals surface area (Å²) in [4.78, 5) is 35.5. The minimum Gasteiger partial charge on any atom is -0.342 e. The molecular weight excluding hydrogens is 388 g/mol. The van der Waals surface area contributed by atoms with Crippen LogP contribution in [0.1, 0.15) is 36.9 Å². The highest BCUT2D eigenvalue weighted by Gasteiger charge is 2.28. The Morgan fingerprint density at radius 1 is 1.06 bits per heavy atom. The number of hydrogen-bond acceptors (Lipinski definition) is 4. The van der Waals surface area contributed by atoms with E-state index in [1.54, 1.807) is 12.4 Å². The van der Waals surface area contributed by atoms with E-state index < -0.39 is 0 Å². The van der Waals surface area contributed by atoms with Gasteiger partial charge in [-0.15, -0.1) is 0 Å². The maximum absolute atomic E-state index is 12.9. The van der Waals surface area contributed by atoms with Crippen molar-refractivity contribution in [1.82, 2.24) is 14.9 Å². The monoisotopic (exact) mass is 414 g/mol. The van der Waals surface area contributed by atoms with E-state index in [1.165, 1.54) is 6.92 Å². The molecule has 1 N–H and O–H groups in total. The fourth-order valence-corrected chi connectivity index (χ4v) is 4.13. The lowest BCUT2D eigenvalue weighted by Crippen LogP contribution is -2.40. The van der Waals surface area contributed by atoms with Crippen LogP contribution in [0.2, 0.25) is 0 Å². The topological polar surface area (TPSA) is 75.2 Å². The molecule has 0 saturated carbocycles. The van der Waals surface area contributed by atoms with Crippen molar-refractivity contribution in [2.75, 3.05) is 18.4 Å². The highest BCUT2D eigenvalue weighted by atomic mass is 16.2. The van der Waals surface area contributed by atoms with E-state index in [-0.39, 0.29) is 17.7 Å². The molecule has 6 nitrogen and oxygen atoms in total. The number of anilines is 1. The predicted molar refractivity (Wildman–Crippen MR) is 120 cm³/mol. The first-order valence-electron chi connectivity index (χ1n) is 10.6. The highest BCUT2D eigenvalue weighted by Crippen LogP contribution is 2.32. The van der Waals surface area contributed by atoms with E-state index in [0.717, 1.165) is 47.6 Å². The van der Waals surface area contributed by atoms with E-state index in [4.69, 9.17) is 0 Å². The molecule has 2 aromatic carbocycles. The first kappa shape index (κ1) is 20.7. The van der Waals surface area contributed by atoms with Crippen LogP contribution >= 0.6 is 0 Å². The molecule has 1 aromatic heterocycles. The summed E-state index contributed by atoms with van der Waals surface area (Å²) in [7, 11) is 0. The second kappa shape index (κ2) is 9.51. The summed E-state index contributed by atoms with van der Waals surface area (Å²) >= 11 is 0. The van der Waals surface area contributed by atoms with Gasteiger partial charge in [0.1, 0.15) is 0 Å². The molecule has 0 bridgehead atoms. The van der Waals surface area contributed by atoms with Gasteiger partial charge in [0.2, 0.25) is 11.8 Å². The third kappa shape index (κ3) is 5.15. The largest absolute Gasteiger partial charge is 0.342 e. The summed E-state index contributed by atoms with van der Waals surface area (Å²) in [5.74, 6) is 0.159. The summed E-state index contributed by atoms with van der Waals surface area (Å²) in [5, 5.41) is 2.82. The van der Waals surface area contributed by atoms with Gasteiger partial charge in [-0.1, -0.05) is 42.5 Å². The van der Waals surface area contributed by atoms with Crippen LogP contribution in [0.4, 0.5) is 5.69 Å². The van der Waals surface area contributed by atoms with Crippen LogP contribution < -0.4 is 5.32 Å². The standard InChI is InChI=1S/C25H26N4O2/c1-18(30)28-22-11-5-9-20(16-22)24-25(27-13-12-26-24)21-10-6-14-29(17-21)23(31)15-19-7-3-2-4-8-19/h2-5,7-9,11-13,16,21H,6,10,14-15,17H2,1H3,(H,28,30). The Morgan fingerprint density at radius 2 is 1.87 bits per heavy atom. The van der Waals surface area contributed by atoms with Gasteiger partial charge in [-0.05, 0) is 30.5 Å². The van der Waals surface area contributed by atoms with Crippen molar-refractivity contribution in [2.45, 2.75) is 32.1 Å². The third-order valence-corrected chi connectivity index (χ3v) is 5.54. The molecule has 0 spiro atoms. The number of hydrogen-bond donors (Lipinski definition) is 1. The Hall–Kier alpha value is -3.54. The summed E-state index contributed by atoms with van der Waals surface area (Å²) < 4.78 is 0. The quantitative estimate of drug-likeness (QED) is 0.683. The molecule has 1 aliphatic heterocycles. The predicted octanol–water partition coefficient (Wildman–Crippen LogP) is 4.05. The normalized spacial score (nSPS) is 16.0. The molecule has 2 heterocycles. The zero-order chi connectivity index (χ0) is 21.6. The molecule has 2 amide bonds. The minimum atomic E-state index is -0.114. The summed E-state index contributed by atoms with van der Waals surface area (Å²) in [6, 6.07) is 17.5. The Morgan fingerprint density at radius 3 is 2.68 bits per heavy atom. The Bertz CT molecular complexity index is 1070. The molecule has 4 rings (SSSR count). The van der Waals surface area contributed by atoms with Crippen LogP contribution in [0.15, 0.2) is 67.0 Å². The lowest BCUT2D eigenvalue weighted by molar-refractivity contribution is -0.131. The maximum atomic E-state index is 12.9. The van der Waals surface area contributed by atoms with Crippen LogP contribution in [-0.4, -0.2) is 39.8 Å². The van der Waals surface area contributed by atoms with Crippen molar-refractivity contribution < 1.29 is 9.59 Å². The van der Waals surface area contributed by atoms with Gasteiger partial charge >= 0.3 is 0 Å². The van der Waals surface area contributed by atoms with Crippen LogP contribution in [0, 0.1) is 0 Å². The zero-order valence-corrected chi connectivity index (χ0v) is 17.6. The van der Waals surface area contributed by atoms with Crippen molar-refractivity contribution in [3.63, 3.8) is 0 Å². The number of benzene rings is 2. The van der Waals surface area contributed by atoms with Gasteiger partial charge < -0.3 is 10.2 Å². The Balaban J connectivity index is 1.55. The van der Waals surface area contributed by atoms with Crippen LogP contribution in [0.25, 0.3) is 11.3 Å². The number of piperidine rings is 1. The van der Waals surface area contributed by atoms with Crippen LogP contribution in [0.3, 0.4) is 0 Å². The first-order chi connectivity index (χ1) is 15.1. The maximum Gasteiger partial charge on any atom is 0.227 e. The summed E-state index contributed by atoms with van der Waals surface area (Å²) in [6.45, 7) is 2.90. The molecule has 1 saturated heterocycles. The van der Waals surface area contributed by atoms with Gasteiger partial charge in [0.05, 0.1) is 17.8 Å². The third-order valence-electron chi connectivity index (χ3n) is 5.54. The fourth-order valence-electron chi connectivity index (χ4n) is 4.13. The molecule has 1 atom stereocenters. The smallest absolute Gasteiger partial charge is 0.227 e. The first-order valence-corrected chi connectivity index (χ1v) is 10.6. The van der Waals surface area contributed by atoms with Gasteiger partial charge in [0.15, 0.2) is 0 Å². The number of carbonyl (C=O) groups excluding carboxylic acids is 2. The Labute approximate surface area is 182 Å². The van der Waals surface area contributed by atoms with E-state index in [2.05, 4.69) is 15.3 Å². The van der Waals surface area contributed by atoms with Crippen molar-refractivity contribution in [1.29, 1.82) is 0 Å². The van der Waals surface area contributed by atoms with Gasteiger partial charge in [-0.3, -0.25) is 19.6 Å². The molecule has 3 aromatic rings. The molecule has 6 heteroatoms. The molecule has 31 heavy (non-hydrogen) atoms. The minimum absolute atomic E-state index is 0.114. The lowest BCUT2D eigenvalue weighted by atomic mass is 9.91. The van der Waals surface area contributed by atoms with Crippen molar-refractivity contribution in [2.24, 2.45) is 0 Å². The van der Waals surface area contributed by atoms with Crippen LogP contribution in [0.5, 0.6) is 0 Å². The van der Waals surface area contributed by atoms with E-state index in [9.17, 15) is 9.59 Å². The van der Waals surface area contributed by atoms with Crippen molar-refractivity contribution in [3.8, 4) is 11.3 Å².